The normalized spacial score (nSPS) is 13.6. The van der Waals surface area contributed by atoms with E-state index in [1.54, 1.807) is 0 Å². The molecule has 0 radical (unpaired) electrons. The van der Waals surface area contributed by atoms with Gasteiger partial charge in [-0.2, -0.15) is 0 Å². The summed E-state index contributed by atoms with van der Waals surface area (Å²) >= 11 is 0. The molecule has 0 heterocycles. The van der Waals surface area contributed by atoms with Crippen molar-refractivity contribution < 1.29 is 0 Å². The summed E-state index contributed by atoms with van der Waals surface area (Å²) in [5.74, 6) is 0. The fourth-order valence-corrected chi connectivity index (χ4v) is 4.95. The summed E-state index contributed by atoms with van der Waals surface area (Å²) < 4.78 is 0. The van der Waals surface area contributed by atoms with Gasteiger partial charge in [-0.05, 0) is 99.1 Å². The minimum Gasteiger partial charge on any atom is -0.397 e. The molecule has 0 atom stereocenters. The van der Waals surface area contributed by atoms with Gasteiger partial charge in [-0.25, -0.2) is 0 Å². The quantitative estimate of drug-likeness (QED) is 0.208. The van der Waals surface area contributed by atoms with Gasteiger partial charge in [0.05, 0.1) is 11.4 Å². The SMILES string of the molecule is C\C=C/C=C(N)/C(N)=C/C=C(\C)c1cc(-c2ccccc2)c2ccc3cc(C)cc4ccc1c2c43. The first-order valence-corrected chi connectivity index (χ1v) is 12.0. The molecule has 0 spiro atoms. The van der Waals surface area contributed by atoms with Gasteiger partial charge in [-0.3, -0.25) is 0 Å². The molecule has 0 saturated heterocycles. The Morgan fingerprint density at radius 2 is 1.37 bits per heavy atom. The van der Waals surface area contributed by atoms with Gasteiger partial charge in [0, 0.05) is 0 Å². The van der Waals surface area contributed by atoms with Crippen molar-refractivity contribution in [3.05, 3.63) is 126 Å². The Bertz CT molecular complexity index is 1650. The lowest BCUT2D eigenvalue weighted by Crippen LogP contribution is -2.08. The van der Waals surface area contributed by atoms with E-state index < -0.39 is 0 Å². The lowest BCUT2D eigenvalue weighted by molar-refractivity contribution is 1.25. The highest BCUT2D eigenvalue weighted by molar-refractivity contribution is 6.27. The fraction of sp³-hybridized carbons (Fsp3) is 0.0909. The number of allylic oxidation sites excluding steroid dienone is 6. The zero-order valence-corrected chi connectivity index (χ0v) is 20.5. The van der Waals surface area contributed by atoms with Gasteiger partial charge in [-0.1, -0.05) is 85.0 Å². The Hall–Kier alpha value is -4.30. The van der Waals surface area contributed by atoms with Gasteiger partial charge in [0.15, 0.2) is 0 Å². The molecule has 4 N–H and O–H groups in total. The summed E-state index contributed by atoms with van der Waals surface area (Å²) in [7, 11) is 0. The molecule has 0 aliphatic rings. The Kier molecular flexibility index (Phi) is 5.88. The molecule has 5 aromatic carbocycles. The van der Waals surface area contributed by atoms with Crippen LogP contribution in [0.1, 0.15) is 25.0 Å². The predicted octanol–water partition coefficient (Wildman–Crippen LogP) is 8.22. The largest absolute Gasteiger partial charge is 0.397 e. The smallest absolute Gasteiger partial charge is 0.0547 e. The zero-order valence-electron chi connectivity index (χ0n) is 20.5. The van der Waals surface area contributed by atoms with E-state index in [1.807, 2.05) is 31.2 Å². The summed E-state index contributed by atoms with van der Waals surface area (Å²) in [6, 6.07) is 26.6. The van der Waals surface area contributed by atoms with Crippen LogP contribution in [0.2, 0.25) is 0 Å². The van der Waals surface area contributed by atoms with Gasteiger partial charge in [0.25, 0.3) is 0 Å². The molecule has 172 valence electrons. The number of rotatable bonds is 5. The molecule has 2 heteroatoms. The summed E-state index contributed by atoms with van der Waals surface area (Å²) in [5.41, 5.74) is 19.5. The maximum atomic E-state index is 6.24. The van der Waals surface area contributed by atoms with Crippen molar-refractivity contribution in [2.45, 2.75) is 20.8 Å². The van der Waals surface area contributed by atoms with Gasteiger partial charge in [-0.15, -0.1) is 0 Å². The highest BCUT2D eigenvalue weighted by Gasteiger charge is 2.16. The Morgan fingerprint density at radius 3 is 2.06 bits per heavy atom. The third-order valence-electron chi connectivity index (χ3n) is 6.68. The van der Waals surface area contributed by atoms with Gasteiger partial charge in [0.2, 0.25) is 0 Å². The van der Waals surface area contributed by atoms with E-state index in [0.29, 0.717) is 11.4 Å². The Morgan fingerprint density at radius 1 is 0.714 bits per heavy atom. The van der Waals surface area contributed by atoms with E-state index in [4.69, 9.17) is 11.5 Å². The van der Waals surface area contributed by atoms with Crippen LogP contribution in [0.15, 0.2) is 115 Å². The maximum Gasteiger partial charge on any atom is 0.0547 e. The molecule has 0 aromatic heterocycles. The summed E-state index contributed by atoms with van der Waals surface area (Å²) in [4.78, 5) is 0. The number of hydrogen-bond acceptors (Lipinski definition) is 2. The summed E-state index contributed by atoms with van der Waals surface area (Å²) in [6.45, 7) is 6.25. The summed E-state index contributed by atoms with van der Waals surface area (Å²) in [6.07, 6.45) is 9.60. The topological polar surface area (TPSA) is 52.0 Å². The second kappa shape index (κ2) is 9.15. The number of benzene rings is 5. The van der Waals surface area contributed by atoms with Crippen molar-refractivity contribution in [3.8, 4) is 11.1 Å². The molecule has 0 saturated carbocycles. The Balaban J connectivity index is 1.81. The van der Waals surface area contributed by atoms with Crippen LogP contribution in [0.4, 0.5) is 0 Å². The maximum absolute atomic E-state index is 6.24. The predicted molar refractivity (Wildman–Crippen MR) is 153 cm³/mol. The molecule has 0 amide bonds. The van der Waals surface area contributed by atoms with Crippen LogP contribution in [0, 0.1) is 6.92 Å². The molecule has 0 unspecified atom stereocenters. The van der Waals surface area contributed by atoms with Gasteiger partial charge in [0.1, 0.15) is 0 Å². The fourth-order valence-electron chi connectivity index (χ4n) is 4.95. The first kappa shape index (κ1) is 22.5. The van der Waals surface area contributed by atoms with Crippen molar-refractivity contribution in [1.29, 1.82) is 0 Å². The lowest BCUT2D eigenvalue weighted by atomic mass is 9.85. The monoisotopic (exact) mass is 454 g/mol. The van der Waals surface area contributed by atoms with Crippen LogP contribution in [0.5, 0.6) is 0 Å². The molecular formula is C33H30N2. The molecule has 5 aromatic rings. The van der Waals surface area contributed by atoms with E-state index in [9.17, 15) is 0 Å². The van der Waals surface area contributed by atoms with Crippen LogP contribution >= 0.6 is 0 Å². The van der Waals surface area contributed by atoms with Crippen molar-refractivity contribution in [3.63, 3.8) is 0 Å². The number of hydrogen-bond donors (Lipinski definition) is 2. The second-order valence-electron chi connectivity index (χ2n) is 9.14. The van der Waals surface area contributed by atoms with E-state index in [0.717, 1.165) is 5.57 Å². The minimum absolute atomic E-state index is 0.555. The van der Waals surface area contributed by atoms with Crippen molar-refractivity contribution in [2.24, 2.45) is 11.5 Å². The molecule has 0 aliphatic heterocycles. The number of nitrogens with two attached hydrogens (primary N) is 2. The average molecular weight is 455 g/mol. The van der Waals surface area contributed by atoms with Crippen molar-refractivity contribution in [2.75, 3.05) is 0 Å². The average Bonchev–Trinajstić information content (AvgIpc) is 2.88. The Labute approximate surface area is 206 Å². The third-order valence-corrected chi connectivity index (χ3v) is 6.68. The van der Waals surface area contributed by atoms with Crippen LogP contribution < -0.4 is 11.5 Å². The lowest BCUT2D eigenvalue weighted by Gasteiger charge is -2.18. The van der Waals surface area contributed by atoms with Gasteiger partial charge < -0.3 is 11.5 Å². The molecule has 0 fully saturated rings. The molecule has 0 aliphatic carbocycles. The van der Waals surface area contributed by atoms with E-state index in [-0.39, 0.29) is 0 Å². The van der Waals surface area contributed by atoms with Crippen LogP contribution in [0.3, 0.4) is 0 Å². The van der Waals surface area contributed by atoms with Crippen LogP contribution in [0.25, 0.3) is 49.0 Å². The van der Waals surface area contributed by atoms with E-state index >= 15 is 0 Å². The minimum atomic E-state index is 0.555. The van der Waals surface area contributed by atoms with E-state index in [2.05, 4.69) is 92.7 Å². The first-order valence-electron chi connectivity index (χ1n) is 12.0. The molecule has 35 heavy (non-hydrogen) atoms. The standard InChI is InChI=1S/C33H30N2/c1-4-5-11-30(34)31(35)17-12-22(3)28-20-29(23-9-7-6-8-10-23)27-16-14-25-19-21(2)18-24-13-15-26(28)33(27)32(24)25/h4-20H,34-35H2,1-3H3/b5-4-,22-12+,30-11-,31-17-. The molecule has 0 bridgehead atoms. The molecular weight excluding hydrogens is 424 g/mol. The highest BCUT2D eigenvalue weighted by atomic mass is 14.7. The third kappa shape index (κ3) is 4.08. The van der Waals surface area contributed by atoms with Crippen molar-refractivity contribution >= 4 is 37.9 Å². The number of aryl methyl sites for hydroxylation is 1. The van der Waals surface area contributed by atoms with Crippen LogP contribution in [-0.4, -0.2) is 0 Å². The van der Waals surface area contributed by atoms with Crippen molar-refractivity contribution in [1.82, 2.24) is 0 Å². The van der Waals surface area contributed by atoms with Crippen LogP contribution in [-0.2, 0) is 0 Å². The molecule has 2 nitrogen and oxygen atoms in total. The molecule has 5 rings (SSSR count). The first-order chi connectivity index (χ1) is 17.0. The second-order valence-corrected chi connectivity index (χ2v) is 9.14. The van der Waals surface area contributed by atoms with E-state index in [1.165, 1.54) is 54.6 Å². The zero-order chi connectivity index (χ0) is 24.5. The highest BCUT2D eigenvalue weighted by Crippen LogP contribution is 2.42. The summed E-state index contributed by atoms with van der Waals surface area (Å²) in [5, 5.41) is 7.72. The van der Waals surface area contributed by atoms with Gasteiger partial charge >= 0.3 is 0 Å².